The number of anilines is 4. The van der Waals surface area contributed by atoms with Crippen LogP contribution in [0.4, 0.5) is 32.3 Å². The third kappa shape index (κ3) is 9.37. The second-order valence-corrected chi connectivity index (χ2v) is 8.40. The van der Waals surface area contributed by atoms with Gasteiger partial charge in [0.2, 0.25) is 0 Å². The van der Waals surface area contributed by atoms with Gasteiger partial charge in [-0.1, -0.05) is 36.4 Å². The Labute approximate surface area is 246 Å². The number of para-hydroxylation sites is 2. The summed E-state index contributed by atoms with van der Waals surface area (Å²) in [5.41, 5.74) is 8.70. The predicted octanol–water partition coefficient (Wildman–Crippen LogP) is 6.99. The van der Waals surface area contributed by atoms with E-state index in [1.807, 2.05) is 109 Å². The molecule has 0 heterocycles. The third-order valence-corrected chi connectivity index (χ3v) is 5.65. The quantitative estimate of drug-likeness (QED) is 0.196. The van der Waals surface area contributed by atoms with Crippen LogP contribution in [0.5, 0.6) is 11.5 Å². The van der Waals surface area contributed by atoms with E-state index in [2.05, 4.69) is 10.9 Å². The van der Waals surface area contributed by atoms with Crippen molar-refractivity contribution in [3.8, 4) is 11.5 Å². The van der Waals surface area contributed by atoms with E-state index in [1.54, 1.807) is 38.1 Å². The number of rotatable bonds is 10. The Bertz CT molecular complexity index is 1250. The lowest BCUT2D eigenvalue weighted by atomic mass is 10.2. The highest BCUT2D eigenvalue weighted by atomic mass is 16.6. The lowest BCUT2D eigenvalue weighted by Gasteiger charge is -2.25. The molecule has 42 heavy (non-hydrogen) atoms. The first kappa shape index (κ1) is 31.2. The van der Waals surface area contributed by atoms with Crippen molar-refractivity contribution in [3.63, 3.8) is 0 Å². The molecular weight excluding hydrogens is 536 g/mol. The summed E-state index contributed by atoms with van der Waals surface area (Å²) >= 11 is 0. The van der Waals surface area contributed by atoms with Crippen LogP contribution < -0.4 is 30.3 Å². The Morgan fingerprint density at radius 2 is 0.833 bits per heavy atom. The number of methoxy groups -OCH3 is 2. The monoisotopic (exact) mass is 572 g/mol. The summed E-state index contributed by atoms with van der Waals surface area (Å²) in [7, 11) is 3.22. The fourth-order valence-electron chi connectivity index (χ4n) is 3.68. The molecule has 220 valence electrons. The molecule has 4 aromatic carbocycles. The first-order chi connectivity index (χ1) is 20.5. The van der Waals surface area contributed by atoms with Crippen LogP contribution in [-0.2, 0) is 9.47 Å². The SMILES string of the molecule is CCOC(=O)NN(c1ccccc1)c1ccc(OC)cc1.CCOC(=O)NN(c1ccccc1)c1ccc(OC)cc1. The highest BCUT2D eigenvalue weighted by molar-refractivity contribution is 5.76. The minimum Gasteiger partial charge on any atom is -0.497 e. The lowest BCUT2D eigenvalue weighted by Crippen LogP contribution is -2.39. The molecule has 0 saturated carbocycles. The van der Waals surface area contributed by atoms with Gasteiger partial charge in [-0.3, -0.25) is 10.0 Å². The smallest absolute Gasteiger partial charge is 0.426 e. The van der Waals surface area contributed by atoms with Gasteiger partial charge in [0.1, 0.15) is 11.5 Å². The summed E-state index contributed by atoms with van der Waals surface area (Å²) in [6, 6.07) is 33.8. The van der Waals surface area contributed by atoms with Crippen molar-refractivity contribution in [3.05, 3.63) is 109 Å². The van der Waals surface area contributed by atoms with Crippen molar-refractivity contribution >= 4 is 34.9 Å². The molecule has 0 aliphatic rings. The first-order valence-corrected chi connectivity index (χ1v) is 13.3. The van der Waals surface area contributed by atoms with Crippen LogP contribution >= 0.6 is 0 Å². The van der Waals surface area contributed by atoms with E-state index in [9.17, 15) is 9.59 Å². The molecule has 0 fully saturated rings. The van der Waals surface area contributed by atoms with E-state index in [1.165, 1.54) is 0 Å². The minimum absolute atomic E-state index is 0.317. The van der Waals surface area contributed by atoms with Gasteiger partial charge in [0.15, 0.2) is 0 Å². The maximum Gasteiger partial charge on any atom is 0.426 e. The van der Waals surface area contributed by atoms with Crippen LogP contribution in [0, 0.1) is 0 Å². The van der Waals surface area contributed by atoms with Crippen molar-refractivity contribution in [1.29, 1.82) is 0 Å². The molecule has 0 aliphatic carbocycles. The minimum atomic E-state index is -0.503. The zero-order chi connectivity index (χ0) is 30.2. The summed E-state index contributed by atoms with van der Waals surface area (Å²) in [4.78, 5) is 23.4. The molecule has 4 rings (SSSR count). The topological polar surface area (TPSA) is 102 Å². The number of hydrazine groups is 2. The third-order valence-electron chi connectivity index (χ3n) is 5.65. The molecule has 0 atom stereocenters. The van der Waals surface area contributed by atoms with Crippen LogP contribution in [0.1, 0.15) is 13.8 Å². The van der Waals surface area contributed by atoms with Gasteiger partial charge >= 0.3 is 12.2 Å². The maximum atomic E-state index is 11.7. The summed E-state index contributed by atoms with van der Waals surface area (Å²) in [6.07, 6.45) is -1.01. The maximum absolute atomic E-state index is 11.7. The Hall–Kier alpha value is -5.38. The normalized spacial score (nSPS) is 9.81. The Balaban J connectivity index is 0.000000230. The van der Waals surface area contributed by atoms with Crippen LogP contribution in [0.3, 0.4) is 0 Å². The highest BCUT2D eigenvalue weighted by Crippen LogP contribution is 2.26. The molecule has 4 aromatic rings. The number of amides is 2. The van der Waals surface area contributed by atoms with Gasteiger partial charge < -0.3 is 18.9 Å². The van der Waals surface area contributed by atoms with Gasteiger partial charge in [-0.25, -0.2) is 20.4 Å². The zero-order valence-electron chi connectivity index (χ0n) is 24.2. The van der Waals surface area contributed by atoms with Crippen LogP contribution in [0.25, 0.3) is 0 Å². The van der Waals surface area contributed by atoms with Crippen molar-refractivity contribution < 1.29 is 28.5 Å². The second-order valence-electron chi connectivity index (χ2n) is 8.40. The summed E-state index contributed by atoms with van der Waals surface area (Å²) in [5, 5.41) is 3.33. The van der Waals surface area contributed by atoms with Gasteiger partial charge in [0.25, 0.3) is 0 Å². The van der Waals surface area contributed by atoms with Gasteiger partial charge in [-0.2, -0.15) is 0 Å². The molecular formula is C32H36N4O6. The zero-order valence-corrected chi connectivity index (χ0v) is 24.2. The number of carbonyl (C=O) groups is 2. The Morgan fingerprint density at radius 1 is 0.524 bits per heavy atom. The molecule has 0 aromatic heterocycles. The molecule has 0 bridgehead atoms. The van der Waals surface area contributed by atoms with E-state index in [4.69, 9.17) is 18.9 Å². The molecule has 0 aliphatic heterocycles. The van der Waals surface area contributed by atoms with Gasteiger partial charge in [-0.15, -0.1) is 0 Å². The molecule has 0 radical (unpaired) electrons. The van der Waals surface area contributed by atoms with Gasteiger partial charge in [0.05, 0.1) is 50.2 Å². The fourth-order valence-corrected chi connectivity index (χ4v) is 3.68. The predicted molar refractivity (Wildman–Crippen MR) is 163 cm³/mol. The number of nitrogens with one attached hydrogen (secondary N) is 2. The highest BCUT2D eigenvalue weighted by Gasteiger charge is 2.14. The summed E-state index contributed by atoms with van der Waals surface area (Å²) < 4.78 is 20.2. The molecule has 0 saturated heterocycles. The lowest BCUT2D eigenvalue weighted by molar-refractivity contribution is 0.151. The van der Waals surface area contributed by atoms with Crippen LogP contribution in [0.2, 0.25) is 0 Å². The fraction of sp³-hybridized carbons (Fsp3) is 0.188. The Morgan fingerprint density at radius 3 is 1.12 bits per heavy atom. The molecule has 10 heteroatoms. The van der Waals surface area contributed by atoms with Crippen molar-refractivity contribution in [2.75, 3.05) is 37.5 Å². The van der Waals surface area contributed by atoms with Crippen molar-refractivity contribution in [2.24, 2.45) is 0 Å². The first-order valence-electron chi connectivity index (χ1n) is 13.3. The largest absolute Gasteiger partial charge is 0.497 e. The standard InChI is InChI=1S/2C16H18N2O3/c2*1-3-21-16(19)17-18(13-7-5-4-6-8-13)14-9-11-15(20-2)12-10-14/h2*4-12H,3H2,1-2H3,(H,17,19). The number of benzene rings is 4. The van der Waals surface area contributed by atoms with E-state index in [0.717, 1.165) is 34.2 Å². The van der Waals surface area contributed by atoms with E-state index in [-0.39, 0.29) is 0 Å². The van der Waals surface area contributed by atoms with Crippen molar-refractivity contribution in [1.82, 2.24) is 10.9 Å². The Kier molecular flexibility index (Phi) is 12.4. The van der Waals surface area contributed by atoms with Gasteiger partial charge in [-0.05, 0) is 86.6 Å². The van der Waals surface area contributed by atoms with Crippen molar-refractivity contribution in [2.45, 2.75) is 13.8 Å². The van der Waals surface area contributed by atoms with Crippen LogP contribution in [-0.4, -0.2) is 39.6 Å². The van der Waals surface area contributed by atoms with Gasteiger partial charge in [0, 0.05) is 0 Å². The summed E-state index contributed by atoms with van der Waals surface area (Å²) in [5.74, 6) is 1.51. The van der Waals surface area contributed by atoms with Crippen LogP contribution in [0.15, 0.2) is 109 Å². The van der Waals surface area contributed by atoms with E-state index < -0.39 is 12.2 Å². The molecule has 0 unspecified atom stereocenters. The summed E-state index contributed by atoms with van der Waals surface area (Å²) in [6.45, 7) is 4.16. The number of hydrogen-bond donors (Lipinski definition) is 2. The van der Waals surface area contributed by atoms with E-state index >= 15 is 0 Å². The average molecular weight is 573 g/mol. The average Bonchev–Trinajstić information content (AvgIpc) is 3.04. The number of nitrogens with zero attached hydrogens (tertiary/aromatic N) is 2. The molecule has 2 N–H and O–H groups in total. The molecule has 0 spiro atoms. The number of carbonyl (C=O) groups excluding carboxylic acids is 2. The second kappa shape index (κ2) is 16.7. The molecule has 2 amide bonds. The number of hydrogen-bond acceptors (Lipinski definition) is 8. The van der Waals surface area contributed by atoms with E-state index in [0.29, 0.717) is 13.2 Å². The molecule has 10 nitrogen and oxygen atoms in total. The number of ether oxygens (including phenoxy) is 4.